The van der Waals surface area contributed by atoms with Crippen LogP contribution in [0.3, 0.4) is 0 Å². The Balaban J connectivity index is 1.95. The summed E-state index contributed by atoms with van der Waals surface area (Å²) in [6.45, 7) is 0. The van der Waals surface area contributed by atoms with Gasteiger partial charge < -0.3 is 19.7 Å². The van der Waals surface area contributed by atoms with E-state index in [1.807, 2.05) is 0 Å². The summed E-state index contributed by atoms with van der Waals surface area (Å²) < 4.78 is 10.5. The van der Waals surface area contributed by atoms with Gasteiger partial charge >= 0.3 is 0 Å². The number of anilines is 1. The maximum atomic E-state index is 13.1. The molecule has 1 amide bonds. The Labute approximate surface area is 184 Å². The van der Waals surface area contributed by atoms with Crippen LogP contribution in [0.15, 0.2) is 72.4 Å². The lowest BCUT2D eigenvalue weighted by Gasteiger charge is -2.25. The SMILES string of the molecule is COc1ccc(/C(O)=C2/C(=O)C(=O)N(c3ccccc3O)C2c2ccccn2)cc1OC. The molecule has 0 aliphatic carbocycles. The Morgan fingerprint density at radius 2 is 1.69 bits per heavy atom. The fraction of sp³-hybridized carbons (Fsp3) is 0.125. The molecule has 0 radical (unpaired) electrons. The third-order valence-electron chi connectivity index (χ3n) is 5.21. The lowest BCUT2D eigenvalue weighted by molar-refractivity contribution is -0.132. The summed E-state index contributed by atoms with van der Waals surface area (Å²) in [4.78, 5) is 31.6. The van der Waals surface area contributed by atoms with Crippen LogP contribution >= 0.6 is 0 Å². The average Bonchev–Trinajstić information content (AvgIpc) is 3.09. The fourth-order valence-electron chi connectivity index (χ4n) is 3.71. The second kappa shape index (κ2) is 8.43. The maximum Gasteiger partial charge on any atom is 0.300 e. The first kappa shape index (κ1) is 20.9. The van der Waals surface area contributed by atoms with Gasteiger partial charge in [-0.1, -0.05) is 18.2 Å². The number of carbonyl (C=O) groups is 2. The second-order valence-electron chi connectivity index (χ2n) is 6.98. The first-order valence-corrected chi connectivity index (χ1v) is 9.70. The summed E-state index contributed by atoms with van der Waals surface area (Å²) >= 11 is 0. The zero-order valence-corrected chi connectivity index (χ0v) is 17.4. The molecule has 1 saturated heterocycles. The van der Waals surface area contributed by atoms with E-state index < -0.39 is 23.5 Å². The number of pyridine rings is 1. The molecule has 3 aromatic rings. The minimum Gasteiger partial charge on any atom is -0.507 e. The third kappa shape index (κ3) is 3.41. The minimum atomic E-state index is -1.04. The molecule has 1 fully saturated rings. The molecule has 8 nitrogen and oxygen atoms in total. The van der Waals surface area contributed by atoms with Crippen LogP contribution in [0.5, 0.6) is 17.2 Å². The van der Waals surface area contributed by atoms with Crippen LogP contribution in [0, 0.1) is 0 Å². The number of Topliss-reactive ketones (excluding diaryl/α,β-unsaturated/α-hetero) is 1. The van der Waals surface area contributed by atoms with E-state index in [9.17, 15) is 19.8 Å². The first-order chi connectivity index (χ1) is 15.5. The van der Waals surface area contributed by atoms with Crippen LogP contribution in [-0.2, 0) is 9.59 Å². The maximum absolute atomic E-state index is 13.1. The molecule has 2 N–H and O–H groups in total. The van der Waals surface area contributed by atoms with Gasteiger partial charge in [0, 0.05) is 11.8 Å². The van der Waals surface area contributed by atoms with Crippen molar-refractivity contribution in [3.05, 3.63) is 83.7 Å². The number of nitrogens with zero attached hydrogens (tertiary/aromatic N) is 2. The van der Waals surface area contributed by atoms with Crippen LogP contribution in [0.25, 0.3) is 5.76 Å². The van der Waals surface area contributed by atoms with Gasteiger partial charge in [-0.2, -0.15) is 0 Å². The largest absolute Gasteiger partial charge is 0.507 e. The van der Waals surface area contributed by atoms with Crippen molar-refractivity contribution in [3.8, 4) is 17.2 Å². The number of aliphatic hydroxyl groups is 1. The summed E-state index contributed by atoms with van der Waals surface area (Å²) in [5.74, 6) is -1.56. The highest BCUT2D eigenvalue weighted by molar-refractivity contribution is 6.51. The van der Waals surface area contributed by atoms with Crippen molar-refractivity contribution < 1.29 is 29.3 Å². The fourth-order valence-corrected chi connectivity index (χ4v) is 3.71. The number of ether oxygens (including phenoxy) is 2. The Kier molecular flexibility index (Phi) is 5.51. The van der Waals surface area contributed by atoms with Crippen molar-refractivity contribution in [2.24, 2.45) is 0 Å². The normalized spacial score (nSPS) is 17.4. The number of para-hydroxylation sites is 2. The van der Waals surface area contributed by atoms with Crippen LogP contribution in [0.2, 0.25) is 0 Å². The van der Waals surface area contributed by atoms with E-state index in [0.717, 1.165) is 4.90 Å². The lowest BCUT2D eigenvalue weighted by atomic mass is 9.98. The van der Waals surface area contributed by atoms with Gasteiger partial charge in [-0.05, 0) is 42.5 Å². The Bertz CT molecular complexity index is 1220. The quantitative estimate of drug-likeness (QED) is 0.361. The van der Waals surface area contributed by atoms with Crippen LogP contribution in [0.4, 0.5) is 5.69 Å². The number of carbonyl (C=O) groups excluding carboxylic acids is 2. The van der Waals surface area contributed by atoms with E-state index in [1.54, 1.807) is 42.5 Å². The molecule has 8 heteroatoms. The summed E-state index contributed by atoms with van der Waals surface area (Å²) in [5.41, 5.74) is 0.608. The van der Waals surface area contributed by atoms with E-state index in [2.05, 4.69) is 4.98 Å². The van der Waals surface area contributed by atoms with Gasteiger partial charge in [0.25, 0.3) is 11.7 Å². The number of hydrogen-bond acceptors (Lipinski definition) is 7. The topological polar surface area (TPSA) is 109 Å². The summed E-state index contributed by atoms with van der Waals surface area (Å²) in [6, 6.07) is 14.8. The van der Waals surface area contributed by atoms with Gasteiger partial charge in [0.05, 0.1) is 31.2 Å². The van der Waals surface area contributed by atoms with E-state index in [1.165, 1.54) is 38.6 Å². The number of aromatic hydroxyl groups is 1. The Morgan fingerprint density at radius 1 is 0.969 bits per heavy atom. The van der Waals surface area contributed by atoms with E-state index in [4.69, 9.17) is 9.47 Å². The van der Waals surface area contributed by atoms with Crippen LogP contribution in [-0.4, -0.2) is 41.1 Å². The molecular formula is C24H20N2O6. The van der Waals surface area contributed by atoms with Gasteiger partial charge in [-0.3, -0.25) is 19.5 Å². The van der Waals surface area contributed by atoms with Crippen LogP contribution in [0.1, 0.15) is 17.3 Å². The molecule has 1 atom stereocenters. The molecule has 1 aliphatic rings. The highest BCUT2D eigenvalue weighted by Crippen LogP contribution is 2.44. The molecule has 1 aliphatic heterocycles. The number of benzene rings is 2. The zero-order valence-electron chi connectivity index (χ0n) is 17.4. The summed E-state index contributed by atoms with van der Waals surface area (Å²) in [6.07, 6.45) is 1.52. The molecular weight excluding hydrogens is 412 g/mol. The third-order valence-corrected chi connectivity index (χ3v) is 5.21. The van der Waals surface area contributed by atoms with Gasteiger partial charge in [0.1, 0.15) is 17.6 Å². The second-order valence-corrected chi connectivity index (χ2v) is 6.98. The Hall–Kier alpha value is -4.33. The highest BCUT2D eigenvalue weighted by Gasteiger charge is 2.48. The number of phenolic OH excluding ortho intramolecular Hbond substituents is 1. The highest BCUT2D eigenvalue weighted by atomic mass is 16.5. The Morgan fingerprint density at radius 3 is 2.34 bits per heavy atom. The summed E-state index contributed by atoms with van der Waals surface area (Å²) in [7, 11) is 2.93. The van der Waals surface area contributed by atoms with Crippen molar-refractivity contribution >= 4 is 23.1 Å². The monoisotopic (exact) mass is 432 g/mol. The number of ketones is 1. The van der Waals surface area contributed by atoms with E-state index >= 15 is 0 Å². The predicted octanol–water partition coefficient (Wildman–Crippen LogP) is 3.43. The number of rotatable bonds is 5. The number of aromatic nitrogens is 1. The van der Waals surface area contributed by atoms with Crippen molar-refractivity contribution in [3.63, 3.8) is 0 Å². The van der Waals surface area contributed by atoms with Crippen molar-refractivity contribution in [1.82, 2.24) is 4.98 Å². The first-order valence-electron chi connectivity index (χ1n) is 9.70. The molecule has 2 aromatic carbocycles. The minimum absolute atomic E-state index is 0.136. The number of aliphatic hydroxyl groups excluding tert-OH is 1. The van der Waals surface area contributed by atoms with Crippen molar-refractivity contribution in [1.29, 1.82) is 0 Å². The molecule has 1 aromatic heterocycles. The van der Waals surface area contributed by atoms with E-state index in [-0.39, 0.29) is 22.6 Å². The lowest BCUT2D eigenvalue weighted by Crippen LogP contribution is -2.29. The zero-order chi connectivity index (χ0) is 22.8. The number of methoxy groups -OCH3 is 2. The number of amides is 1. The van der Waals surface area contributed by atoms with E-state index in [0.29, 0.717) is 17.2 Å². The molecule has 4 rings (SSSR count). The average molecular weight is 432 g/mol. The van der Waals surface area contributed by atoms with Crippen molar-refractivity contribution in [2.75, 3.05) is 19.1 Å². The molecule has 1 unspecified atom stereocenters. The smallest absolute Gasteiger partial charge is 0.300 e. The van der Waals surface area contributed by atoms with Crippen LogP contribution < -0.4 is 14.4 Å². The van der Waals surface area contributed by atoms with Gasteiger partial charge in [0.2, 0.25) is 0 Å². The molecule has 0 spiro atoms. The predicted molar refractivity (Wildman–Crippen MR) is 117 cm³/mol. The van der Waals surface area contributed by atoms with Gasteiger partial charge in [-0.15, -0.1) is 0 Å². The molecule has 0 bridgehead atoms. The molecule has 2 heterocycles. The molecule has 162 valence electrons. The molecule has 32 heavy (non-hydrogen) atoms. The number of phenols is 1. The van der Waals surface area contributed by atoms with Crippen molar-refractivity contribution in [2.45, 2.75) is 6.04 Å². The van der Waals surface area contributed by atoms with Gasteiger partial charge in [0.15, 0.2) is 11.5 Å². The molecule has 0 saturated carbocycles. The van der Waals surface area contributed by atoms with Gasteiger partial charge in [-0.25, -0.2) is 0 Å². The summed E-state index contributed by atoms with van der Waals surface area (Å²) in [5, 5.41) is 21.5. The number of hydrogen-bond donors (Lipinski definition) is 2. The standard InChI is InChI=1S/C24H20N2O6/c1-31-18-11-10-14(13-19(18)32-2)22(28)20-21(15-7-5-6-12-25-15)26(24(30)23(20)29)16-8-3-4-9-17(16)27/h3-13,21,27-28H,1-2H3/b22-20-.